The molecule has 0 aliphatic rings. The van der Waals surface area contributed by atoms with Crippen LogP contribution in [-0.2, 0) is 13.6 Å². The van der Waals surface area contributed by atoms with Gasteiger partial charge in [0.2, 0.25) is 0 Å². The van der Waals surface area contributed by atoms with Crippen LogP contribution < -0.4 is 10.6 Å². The van der Waals surface area contributed by atoms with E-state index in [0.29, 0.717) is 28.2 Å². The average molecular weight is 300 g/mol. The fourth-order valence-electron chi connectivity index (χ4n) is 1.66. The van der Waals surface area contributed by atoms with Crippen LogP contribution in [-0.4, -0.2) is 21.8 Å². The lowest BCUT2D eigenvalue weighted by molar-refractivity contribution is 0.738. The first-order chi connectivity index (χ1) is 9.02. The standard InChI is InChI=1S/C12H15Cl2N5/c1-7-8(6-17-19(7)3)5-16-12-10(14)4-9(13)11(15-2)18-12/h4,6H,5H2,1-3H3,(H2,15,16,18). The molecule has 5 nitrogen and oxygen atoms in total. The molecule has 102 valence electrons. The van der Waals surface area contributed by atoms with Crippen LogP contribution in [0.15, 0.2) is 12.3 Å². The Hall–Kier alpha value is -1.46. The van der Waals surface area contributed by atoms with Crippen LogP contribution in [0, 0.1) is 6.92 Å². The summed E-state index contributed by atoms with van der Waals surface area (Å²) in [5.41, 5.74) is 2.20. The first kappa shape index (κ1) is 14.0. The van der Waals surface area contributed by atoms with E-state index in [1.165, 1.54) is 0 Å². The van der Waals surface area contributed by atoms with Crippen molar-refractivity contribution < 1.29 is 0 Å². The largest absolute Gasteiger partial charge is 0.372 e. The van der Waals surface area contributed by atoms with Gasteiger partial charge in [0.15, 0.2) is 0 Å². The molecule has 0 spiro atoms. The Bertz CT molecular complexity index is 594. The maximum absolute atomic E-state index is 6.11. The van der Waals surface area contributed by atoms with Crippen LogP contribution >= 0.6 is 23.2 Å². The summed E-state index contributed by atoms with van der Waals surface area (Å²) in [7, 11) is 3.67. The number of aromatic nitrogens is 3. The summed E-state index contributed by atoms with van der Waals surface area (Å²) < 4.78 is 1.83. The third-order valence-corrected chi connectivity index (χ3v) is 3.53. The minimum Gasteiger partial charge on any atom is -0.372 e. The van der Waals surface area contributed by atoms with Gasteiger partial charge in [0.1, 0.15) is 11.6 Å². The van der Waals surface area contributed by atoms with E-state index < -0.39 is 0 Å². The molecule has 0 radical (unpaired) electrons. The van der Waals surface area contributed by atoms with E-state index in [1.54, 1.807) is 13.1 Å². The first-order valence-electron chi connectivity index (χ1n) is 5.78. The molecule has 2 aromatic heterocycles. The maximum atomic E-state index is 6.11. The Morgan fingerprint density at radius 2 is 1.95 bits per heavy atom. The monoisotopic (exact) mass is 299 g/mol. The highest BCUT2D eigenvalue weighted by atomic mass is 35.5. The molecule has 0 amide bonds. The van der Waals surface area contributed by atoms with Gasteiger partial charge in [-0.15, -0.1) is 0 Å². The zero-order valence-electron chi connectivity index (χ0n) is 11.0. The number of nitrogens with one attached hydrogen (secondary N) is 2. The second kappa shape index (κ2) is 5.67. The Labute approximate surface area is 121 Å². The van der Waals surface area contributed by atoms with Crippen molar-refractivity contribution in [3.63, 3.8) is 0 Å². The number of pyridine rings is 1. The topological polar surface area (TPSA) is 54.8 Å². The van der Waals surface area contributed by atoms with Crippen molar-refractivity contribution in [2.24, 2.45) is 7.05 Å². The summed E-state index contributed by atoms with van der Waals surface area (Å²) in [6.45, 7) is 2.62. The molecular formula is C12H15Cl2N5. The van der Waals surface area contributed by atoms with E-state index in [4.69, 9.17) is 23.2 Å². The number of anilines is 2. The smallest absolute Gasteiger partial charge is 0.147 e. The van der Waals surface area contributed by atoms with Crippen molar-refractivity contribution in [1.29, 1.82) is 0 Å². The SMILES string of the molecule is CNc1nc(NCc2cnn(C)c2C)c(Cl)cc1Cl. The highest BCUT2D eigenvalue weighted by molar-refractivity contribution is 6.37. The van der Waals surface area contributed by atoms with Crippen molar-refractivity contribution in [3.05, 3.63) is 33.6 Å². The van der Waals surface area contributed by atoms with Gasteiger partial charge < -0.3 is 10.6 Å². The molecule has 0 unspecified atom stereocenters. The molecule has 0 aliphatic carbocycles. The number of nitrogens with zero attached hydrogens (tertiary/aromatic N) is 3. The molecule has 2 rings (SSSR count). The van der Waals surface area contributed by atoms with Crippen molar-refractivity contribution in [2.75, 3.05) is 17.7 Å². The van der Waals surface area contributed by atoms with Crippen molar-refractivity contribution >= 4 is 34.8 Å². The Balaban J connectivity index is 2.17. The molecule has 0 atom stereocenters. The van der Waals surface area contributed by atoms with Crippen LogP contribution in [0.3, 0.4) is 0 Å². The lowest BCUT2D eigenvalue weighted by Crippen LogP contribution is -2.05. The normalized spacial score (nSPS) is 10.6. The molecular weight excluding hydrogens is 285 g/mol. The fraction of sp³-hybridized carbons (Fsp3) is 0.333. The van der Waals surface area contributed by atoms with Crippen molar-refractivity contribution in [2.45, 2.75) is 13.5 Å². The predicted molar refractivity (Wildman–Crippen MR) is 79.1 cm³/mol. The summed E-state index contributed by atoms with van der Waals surface area (Å²) in [5, 5.41) is 11.3. The highest BCUT2D eigenvalue weighted by Gasteiger charge is 2.09. The van der Waals surface area contributed by atoms with E-state index in [9.17, 15) is 0 Å². The molecule has 0 saturated heterocycles. The number of aryl methyl sites for hydroxylation is 1. The summed E-state index contributed by atoms with van der Waals surface area (Å²) in [4.78, 5) is 4.33. The molecule has 0 fully saturated rings. The van der Waals surface area contributed by atoms with E-state index >= 15 is 0 Å². The number of halogens is 2. The van der Waals surface area contributed by atoms with E-state index in [2.05, 4.69) is 20.7 Å². The van der Waals surface area contributed by atoms with Gasteiger partial charge in [0.05, 0.1) is 16.2 Å². The molecule has 0 aliphatic heterocycles. The fourth-order valence-corrected chi connectivity index (χ4v) is 2.18. The quantitative estimate of drug-likeness (QED) is 0.911. The van der Waals surface area contributed by atoms with Crippen LogP contribution in [0.4, 0.5) is 11.6 Å². The van der Waals surface area contributed by atoms with Gasteiger partial charge in [-0.1, -0.05) is 23.2 Å². The van der Waals surface area contributed by atoms with E-state index in [-0.39, 0.29) is 0 Å². The molecule has 7 heteroatoms. The Morgan fingerprint density at radius 3 is 2.53 bits per heavy atom. The van der Waals surface area contributed by atoms with Crippen LogP contribution in [0.25, 0.3) is 0 Å². The van der Waals surface area contributed by atoms with Gasteiger partial charge in [0.25, 0.3) is 0 Å². The number of hydrogen-bond acceptors (Lipinski definition) is 4. The molecule has 19 heavy (non-hydrogen) atoms. The molecule has 0 bridgehead atoms. The van der Waals surface area contributed by atoms with Gasteiger partial charge in [0, 0.05) is 31.9 Å². The van der Waals surface area contributed by atoms with Gasteiger partial charge in [-0.2, -0.15) is 5.10 Å². The first-order valence-corrected chi connectivity index (χ1v) is 6.53. The summed E-state index contributed by atoms with van der Waals surface area (Å²) in [6.07, 6.45) is 1.82. The predicted octanol–water partition coefficient (Wildman–Crippen LogP) is 3.08. The lowest BCUT2D eigenvalue weighted by Gasteiger charge is -2.10. The van der Waals surface area contributed by atoms with Crippen LogP contribution in [0.5, 0.6) is 0 Å². The molecule has 0 saturated carbocycles. The average Bonchev–Trinajstić information content (AvgIpc) is 2.69. The third kappa shape index (κ3) is 2.93. The van der Waals surface area contributed by atoms with Crippen molar-refractivity contribution in [3.8, 4) is 0 Å². The number of rotatable bonds is 4. The number of hydrogen-bond donors (Lipinski definition) is 2. The van der Waals surface area contributed by atoms with Crippen molar-refractivity contribution in [1.82, 2.24) is 14.8 Å². The molecule has 2 N–H and O–H groups in total. The second-order valence-corrected chi connectivity index (χ2v) is 4.95. The Kier molecular flexibility index (Phi) is 4.17. The minimum atomic E-state index is 0.491. The van der Waals surface area contributed by atoms with Gasteiger partial charge in [-0.05, 0) is 13.0 Å². The van der Waals surface area contributed by atoms with Crippen LogP contribution in [0.1, 0.15) is 11.3 Å². The van der Waals surface area contributed by atoms with E-state index in [1.807, 2.05) is 24.9 Å². The van der Waals surface area contributed by atoms with Gasteiger partial charge in [-0.25, -0.2) is 4.98 Å². The molecule has 2 heterocycles. The zero-order chi connectivity index (χ0) is 14.0. The van der Waals surface area contributed by atoms with E-state index in [0.717, 1.165) is 11.3 Å². The summed E-state index contributed by atoms with van der Waals surface area (Å²) in [6, 6.07) is 1.67. The lowest BCUT2D eigenvalue weighted by atomic mass is 10.2. The zero-order valence-corrected chi connectivity index (χ0v) is 12.5. The second-order valence-electron chi connectivity index (χ2n) is 4.13. The van der Waals surface area contributed by atoms with Crippen LogP contribution in [0.2, 0.25) is 10.0 Å². The summed E-state index contributed by atoms with van der Waals surface area (Å²) >= 11 is 12.1. The minimum absolute atomic E-state index is 0.491. The van der Waals surface area contributed by atoms with Gasteiger partial charge >= 0.3 is 0 Å². The third-order valence-electron chi connectivity index (χ3n) is 2.95. The summed E-state index contributed by atoms with van der Waals surface area (Å²) in [5.74, 6) is 1.19. The highest BCUT2D eigenvalue weighted by Crippen LogP contribution is 2.29. The maximum Gasteiger partial charge on any atom is 0.147 e. The molecule has 2 aromatic rings. The van der Waals surface area contributed by atoms with Gasteiger partial charge in [-0.3, -0.25) is 4.68 Å². The molecule has 0 aromatic carbocycles. The Morgan fingerprint density at radius 1 is 1.26 bits per heavy atom.